The highest BCUT2D eigenvalue weighted by Gasteiger charge is 2.20. The molecule has 0 aromatic heterocycles. The van der Waals surface area contributed by atoms with Crippen LogP contribution in [-0.4, -0.2) is 40.3 Å². The summed E-state index contributed by atoms with van der Waals surface area (Å²) in [5, 5.41) is 8.62. The maximum atomic E-state index is 11.6. The van der Waals surface area contributed by atoms with Gasteiger partial charge in [0.1, 0.15) is 6.61 Å². The molecule has 0 bridgehead atoms. The van der Waals surface area contributed by atoms with Crippen LogP contribution in [0, 0.1) is 0 Å². The van der Waals surface area contributed by atoms with E-state index in [4.69, 9.17) is 19.8 Å². The first-order valence-electron chi connectivity index (χ1n) is 11.2. The number of esters is 1. The third-order valence-corrected chi connectivity index (χ3v) is 5.14. The number of carbonyl (C=O) groups is 1. The molecule has 0 spiro atoms. The van der Waals surface area contributed by atoms with Crippen molar-refractivity contribution >= 4 is 13.8 Å². The molecule has 0 aromatic rings. The van der Waals surface area contributed by atoms with Gasteiger partial charge < -0.3 is 14.5 Å². The molecule has 1 unspecified atom stereocenters. The Labute approximate surface area is 181 Å². The molecule has 0 aliphatic heterocycles. The largest absolute Gasteiger partial charge is 0.469 e. The number of hydrogen-bond acceptors (Lipinski definition) is 6. The smallest absolute Gasteiger partial charge is 0.463 e. The van der Waals surface area contributed by atoms with Crippen LogP contribution in [0.1, 0.15) is 96.8 Å². The number of phosphoric acid groups is 1. The van der Waals surface area contributed by atoms with Gasteiger partial charge in [-0.25, -0.2) is 9.45 Å². The molecule has 9 heteroatoms. The molecule has 0 saturated carbocycles. The van der Waals surface area contributed by atoms with Gasteiger partial charge in [-0.05, 0) is 32.1 Å². The summed E-state index contributed by atoms with van der Waals surface area (Å²) in [6.45, 7) is 1.32. The molecule has 0 radical (unpaired) electrons. The van der Waals surface area contributed by atoms with Crippen molar-refractivity contribution in [3.8, 4) is 0 Å². The van der Waals surface area contributed by atoms with E-state index < -0.39 is 26.5 Å². The first-order valence-corrected chi connectivity index (χ1v) is 12.7. The highest BCUT2D eigenvalue weighted by Crippen LogP contribution is 2.35. The molecule has 178 valence electrons. The lowest BCUT2D eigenvalue weighted by Crippen LogP contribution is -2.25. The lowest BCUT2D eigenvalue weighted by atomic mass is 10.1. The summed E-state index contributed by atoms with van der Waals surface area (Å²) in [6.07, 6.45) is 19.0. The molecule has 0 saturated heterocycles. The Morgan fingerprint density at radius 2 is 1.40 bits per heavy atom. The Bertz CT molecular complexity index is 478. The Hall–Kier alpha value is -0.760. The minimum absolute atomic E-state index is 0.260. The zero-order valence-corrected chi connectivity index (χ0v) is 19.3. The predicted molar refractivity (Wildman–Crippen MR) is 116 cm³/mol. The van der Waals surface area contributed by atoms with E-state index in [1.165, 1.54) is 44.9 Å². The van der Waals surface area contributed by atoms with E-state index in [0.717, 1.165) is 38.5 Å². The summed E-state index contributed by atoms with van der Waals surface area (Å²) in [7, 11) is -4.66. The molecule has 1 atom stereocenters. The van der Waals surface area contributed by atoms with E-state index in [-0.39, 0.29) is 13.0 Å². The normalized spacial score (nSPS) is 13.1. The summed E-state index contributed by atoms with van der Waals surface area (Å²) < 4.78 is 19.7. The summed E-state index contributed by atoms with van der Waals surface area (Å²) in [5.74, 6) is -0.439. The van der Waals surface area contributed by atoms with Gasteiger partial charge in [0.05, 0.1) is 6.61 Å². The number of phosphoric ester groups is 1. The Morgan fingerprint density at radius 3 is 1.93 bits per heavy atom. The molecular weight excluding hydrogens is 411 g/mol. The van der Waals surface area contributed by atoms with Crippen LogP contribution in [0.15, 0.2) is 12.2 Å². The van der Waals surface area contributed by atoms with Crippen LogP contribution in [-0.2, 0) is 23.5 Å². The number of hydrogen-bond donors (Lipinski definition) is 3. The zero-order chi connectivity index (χ0) is 22.5. The molecule has 0 rings (SSSR count). The van der Waals surface area contributed by atoms with Gasteiger partial charge in [-0.15, -0.1) is 0 Å². The topological polar surface area (TPSA) is 123 Å². The average molecular weight is 453 g/mol. The summed E-state index contributed by atoms with van der Waals surface area (Å²) in [4.78, 5) is 32.8. The van der Waals surface area contributed by atoms with Crippen LogP contribution >= 0.6 is 7.82 Å². The average Bonchev–Trinajstić information content (AvgIpc) is 2.70. The fraction of sp³-hybridized carbons (Fsp3) is 0.857. The van der Waals surface area contributed by atoms with Crippen LogP contribution in [0.2, 0.25) is 0 Å². The lowest BCUT2D eigenvalue weighted by Gasteiger charge is -2.14. The van der Waals surface area contributed by atoms with Crippen molar-refractivity contribution in [1.82, 2.24) is 0 Å². The van der Waals surface area contributed by atoms with E-state index in [1.807, 2.05) is 0 Å². The number of allylic oxidation sites excluding steroid dienone is 2. The van der Waals surface area contributed by atoms with Crippen LogP contribution in [0.4, 0.5) is 0 Å². The molecule has 0 aliphatic rings. The van der Waals surface area contributed by atoms with Gasteiger partial charge in [-0.2, -0.15) is 0 Å². The molecule has 0 fully saturated rings. The SMILES string of the molecule is CCCCCCCC/C=C\CCCCCCCC(=O)OCC(COP(=O)(O)O)OO. The fourth-order valence-corrected chi connectivity index (χ4v) is 3.25. The second-order valence-corrected chi connectivity index (χ2v) is 8.77. The van der Waals surface area contributed by atoms with Crippen molar-refractivity contribution < 1.29 is 38.6 Å². The highest BCUT2D eigenvalue weighted by atomic mass is 31.2. The minimum atomic E-state index is -4.66. The molecule has 0 amide bonds. The van der Waals surface area contributed by atoms with Gasteiger partial charge in [0.25, 0.3) is 0 Å². The summed E-state index contributed by atoms with van der Waals surface area (Å²) in [6, 6.07) is 0. The lowest BCUT2D eigenvalue weighted by molar-refractivity contribution is -0.290. The standard InChI is InChI=1S/C21H41O8P/c1-2-3-4-5-6-7-8-9-10-11-12-13-14-15-16-17-21(22)27-18-20(29-23)19-28-30(24,25)26/h9-10,20,23H,2-8,11-19H2,1H3,(H2,24,25,26)/b10-9-. The first-order chi connectivity index (χ1) is 14.4. The molecule has 0 heterocycles. The van der Waals surface area contributed by atoms with Gasteiger partial charge in [-0.1, -0.05) is 70.4 Å². The summed E-state index contributed by atoms with van der Waals surface area (Å²) >= 11 is 0. The van der Waals surface area contributed by atoms with Crippen molar-refractivity contribution in [2.24, 2.45) is 0 Å². The van der Waals surface area contributed by atoms with E-state index in [9.17, 15) is 9.36 Å². The monoisotopic (exact) mass is 452 g/mol. The Balaban J connectivity index is 3.47. The molecule has 0 aliphatic carbocycles. The maximum absolute atomic E-state index is 11.6. The number of rotatable bonds is 21. The van der Waals surface area contributed by atoms with Crippen LogP contribution in [0.25, 0.3) is 0 Å². The zero-order valence-electron chi connectivity index (χ0n) is 18.4. The van der Waals surface area contributed by atoms with E-state index in [1.54, 1.807) is 0 Å². The second kappa shape index (κ2) is 20.2. The van der Waals surface area contributed by atoms with Gasteiger partial charge in [0.2, 0.25) is 0 Å². The first kappa shape index (κ1) is 29.2. The molecule has 8 nitrogen and oxygen atoms in total. The molecular formula is C21H41O8P. The van der Waals surface area contributed by atoms with Crippen molar-refractivity contribution in [2.45, 2.75) is 103 Å². The van der Waals surface area contributed by atoms with Gasteiger partial charge >= 0.3 is 13.8 Å². The molecule has 3 N–H and O–H groups in total. The number of unbranched alkanes of at least 4 members (excludes halogenated alkanes) is 11. The minimum Gasteiger partial charge on any atom is -0.463 e. The number of ether oxygens (including phenoxy) is 1. The fourth-order valence-electron chi connectivity index (χ4n) is 2.89. The van der Waals surface area contributed by atoms with E-state index in [0.29, 0.717) is 0 Å². The van der Waals surface area contributed by atoms with Crippen LogP contribution in [0.5, 0.6) is 0 Å². The van der Waals surface area contributed by atoms with Gasteiger partial charge in [0.15, 0.2) is 6.10 Å². The molecule has 30 heavy (non-hydrogen) atoms. The third-order valence-electron chi connectivity index (χ3n) is 4.65. The predicted octanol–water partition coefficient (Wildman–Crippen LogP) is 5.53. The quantitative estimate of drug-likeness (QED) is 0.0518. The van der Waals surface area contributed by atoms with Crippen LogP contribution < -0.4 is 0 Å². The van der Waals surface area contributed by atoms with Gasteiger partial charge in [-0.3, -0.25) is 14.6 Å². The van der Waals surface area contributed by atoms with Crippen molar-refractivity contribution in [3.05, 3.63) is 12.2 Å². The summed E-state index contributed by atoms with van der Waals surface area (Å²) in [5.41, 5.74) is 0. The van der Waals surface area contributed by atoms with Crippen molar-refractivity contribution in [2.75, 3.05) is 13.2 Å². The maximum Gasteiger partial charge on any atom is 0.469 e. The highest BCUT2D eigenvalue weighted by molar-refractivity contribution is 7.46. The van der Waals surface area contributed by atoms with Crippen molar-refractivity contribution in [1.29, 1.82) is 0 Å². The Kier molecular flexibility index (Phi) is 19.6. The second-order valence-electron chi connectivity index (χ2n) is 7.53. The van der Waals surface area contributed by atoms with E-state index >= 15 is 0 Å². The van der Waals surface area contributed by atoms with Gasteiger partial charge in [0, 0.05) is 6.42 Å². The van der Waals surface area contributed by atoms with Crippen LogP contribution in [0.3, 0.4) is 0 Å². The van der Waals surface area contributed by atoms with Crippen molar-refractivity contribution in [3.63, 3.8) is 0 Å². The molecule has 0 aromatic carbocycles. The Morgan fingerprint density at radius 1 is 0.867 bits per heavy atom. The third kappa shape index (κ3) is 21.9. The van der Waals surface area contributed by atoms with E-state index in [2.05, 4.69) is 28.5 Å². The number of carbonyl (C=O) groups excluding carboxylic acids is 1.